The lowest BCUT2D eigenvalue weighted by Crippen LogP contribution is -2.29. The molecule has 2 unspecified atom stereocenters. The van der Waals surface area contributed by atoms with Gasteiger partial charge in [-0.05, 0) is 217 Å². The third-order valence-corrected chi connectivity index (χ3v) is 22.7. The molecule has 0 saturated carbocycles. The maximum atomic E-state index is 4.17. The Morgan fingerprint density at radius 1 is 0.252 bits per heavy atom. The van der Waals surface area contributed by atoms with E-state index in [-0.39, 0.29) is 10.8 Å². The van der Waals surface area contributed by atoms with E-state index in [9.17, 15) is 0 Å². The Labute approximate surface area is 609 Å². The molecule has 14 aromatic carbocycles. The van der Waals surface area contributed by atoms with Gasteiger partial charge in [0.05, 0.1) is 10.8 Å². The van der Waals surface area contributed by atoms with Gasteiger partial charge >= 0.3 is 0 Å². The van der Waals surface area contributed by atoms with Crippen LogP contribution in [0.5, 0.6) is 0 Å². The Kier molecular flexibility index (Phi) is 15.5. The van der Waals surface area contributed by atoms with Crippen LogP contribution in [0.4, 0.5) is 34.1 Å². The maximum absolute atomic E-state index is 4.17. The van der Waals surface area contributed by atoms with Crippen molar-refractivity contribution in [3.63, 3.8) is 0 Å². The first-order valence-corrected chi connectivity index (χ1v) is 36.3. The predicted octanol–water partition coefficient (Wildman–Crippen LogP) is 26.9. The van der Waals surface area contributed by atoms with Gasteiger partial charge in [0.25, 0.3) is 0 Å². The highest BCUT2D eigenvalue weighted by Gasteiger charge is 2.49. The van der Waals surface area contributed by atoms with Gasteiger partial charge in [-0.2, -0.15) is 0 Å². The van der Waals surface area contributed by atoms with E-state index in [2.05, 4.69) is 406 Å². The molecule has 498 valence electrons. The minimum atomic E-state index is -0.637. The van der Waals surface area contributed by atoms with E-state index in [4.69, 9.17) is 0 Å². The normalized spacial score (nSPS) is 15.8. The summed E-state index contributed by atoms with van der Waals surface area (Å²) in [5, 5.41) is 0. The maximum Gasteiger partial charge on any atom is 0.0714 e. The highest BCUT2D eigenvalue weighted by molar-refractivity contribution is 5.94. The number of hydrogen-bond donors (Lipinski definition) is 0. The van der Waals surface area contributed by atoms with Crippen LogP contribution in [0, 0.1) is 0 Å². The van der Waals surface area contributed by atoms with Gasteiger partial charge in [0.2, 0.25) is 0 Å². The summed E-state index contributed by atoms with van der Waals surface area (Å²) in [4.78, 5) is 4.99. The van der Waals surface area contributed by atoms with Crippen LogP contribution in [0.1, 0.15) is 133 Å². The molecule has 2 atom stereocenters. The Morgan fingerprint density at radius 3 is 0.835 bits per heavy atom. The van der Waals surface area contributed by atoms with Gasteiger partial charge in [0, 0.05) is 39.5 Å². The predicted molar refractivity (Wildman–Crippen MR) is 436 cm³/mol. The summed E-state index contributed by atoms with van der Waals surface area (Å²) in [7, 11) is 0. The summed E-state index contributed by atoms with van der Waals surface area (Å²) in [5.74, 6) is 0. The molecule has 0 amide bonds. The van der Waals surface area contributed by atoms with E-state index < -0.39 is 16.2 Å². The monoisotopic (exact) mass is 1320 g/mol. The smallest absolute Gasteiger partial charge is 0.0714 e. The topological polar surface area (TPSA) is 6.48 Å². The molecule has 0 aliphatic heterocycles. The lowest BCUT2D eigenvalue weighted by Gasteiger charge is -2.35. The van der Waals surface area contributed by atoms with Crippen molar-refractivity contribution in [1.82, 2.24) is 0 Å². The highest BCUT2D eigenvalue weighted by atomic mass is 15.1. The van der Waals surface area contributed by atoms with Gasteiger partial charge in [0.1, 0.15) is 0 Å². The fraction of sp³-hybridized carbons (Fsp3) is 0.129. The molecule has 17 rings (SSSR count). The molecule has 0 saturated heterocycles. The van der Waals surface area contributed by atoms with Crippen molar-refractivity contribution in [2.24, 2.45) is 0 Å². The first kappa shape index (κ1) is 64.5. The number of fused-ring (bicyclic) bond motifs is 9. The van der Waals surface area contributed by atoms with Crippen LogP contribution < -0.4 is 9.80 Å². The van der Waals surface area contributed by atoms with Crippen molar-refractivity contribution in [2.75, 3.05) is 9.80 Å². The minimum Gasteiger partial charge on any atom is -0.310 e. The quantitative estimate of drug-likeness (QED) is 0.107. The molecule has 2 heteroatoms. The number of rotatable bonds is 14. The molecule has 14 aromatic rings. The van der Waals surface area contributed by atoms with Crippen LogP contribution in [0.15, 0.2) is 341 Å². The fourth-order valence-corrected chi connectivity index (χ4v) is 17.3. The third kappa shape index (κ3) is 10.5. The fourth-order valence-electron chi connectivity index (χ4n) is 17.3. The Balaban J connectivity index is 0.826. The zero-order valence-corrected chi connectivity index (χ0v) is 60.1. The second kappa shape index (κ2) is 24.8. The largest absolute Gasteiger partial charge is 0.310 e. The average Bonchev–Trinajstić information content (AvgIpc) is 1.56. The van der Waals surface area contributed by atoms with Crippen molar-refractivity contribution in [2.45, 2.75) is 82.5 Å². The Morgan fingerprint density at radius 2 is 0.515 bits per heavy atom. The molecule has 0 heterocycles. The molecule has 0 aromatic heterocycles. The molecule has 2 nitrogen and oxygen atoms in total. The van der Waals surface area contributed by atoms with Crippen molar-refractivity contribution in [3.05, 3.63) is 419 Å². The second-order valence-corrected chi connectivity index (χ2v) is 30.9. The summed E-state index contributed by atoms with van der Waals surface area (Å²) in [6.45, 7) is 27.0. The van der Waals surface area contributed by atoms with Gasteiger partial charge < -0.3 is 9.80 Å². The molecule has 0 bridgehead atoms. The van der Waals surface area contributed by atoms with E-state index >= 15 is 0 Å². The summed E-state index contributed by atoms with van der Waals surface area (Å²) in [6, 6.07) is 124. The van der Waals surface area contributed by atoms with Crippen LogP contribution in [-0.2, 0) is 27.1 Å². The van der Waals surface area contributed by atoms with Crippen LogP contribution >= 0.6 is 0 Å². The van der Waals surface area contributed by atoms with Crippen LogP contribution in [0.25, 0.3) is 67.8 Å². The summed E-state index contributed by atoms with van der Waals surface area (Å²) < 4.78 is 0. The van der Waals surface area contributed by atoms with Crippen molar-refractivity contribution >= 4 is 46.3 Å². The van der Waals surface area contributed by atoms with Crippen molar-refractivity contribution in [3.8, 4) is 55.6 Å². The second-order valence-electron chi connectivity index (χ2n) is 30.9. The lowest BCUT2D eigenvalue weighted by atomic mass is 9.67. The molecule has 103 heavy (non-hydrogen) atoms. The van der Waals surface area contributed by atoms with Crippen LogP contribution in [-0.4, -0.2) is 0 Å². The number of nitrogens with zero attached hydrogens (tertiary/aromatic N) is 2. The summed E-state index contributed by atoms with van der Waals surface area (Å²) in [5.41, 5.74) is 34.3. The highest BCUT2D eigenvalue weighted by Crippen LogP contribution is 2.61. The van der Waals surface area contributed by atoms with E-state index in [0.717, 1.165) is 45.3 Å². The van der Waals surface area contributed by atoms with Gasteiger partial charge in [-0.15, -0.1) is 0 Å². The zero-order valence-electron chi connectivity index (χ0n) is 60.1. The first-order valence-electron chi connectivity index (χ1n) is 36.3. The molecule has 0 spiro atoms. The zero-order chi connectivity index (χ0) is 70.6. The standard InChI is InChI=1S/C101H84N2/c1-11-67-31-39-75(40-32-67)100(77-47-43-73(44-48-77)97(3,4)5)91-29-21-19-27-85(91)89-61-57-83(65-95(89)100)102(79-51-35-71(36-52-79)69-23-15-13-16-24-69)81-55-59-87-88-60-56-82(64-94(88)99(9,10)93(87)63-81)103(80-53-37-72(38-54-80)70-25-17-14-18-26-70)84-58-62-90-86-28-20-22-30-92(86)101(96(90)66-84,76-41-33-68(12-2)34-42-76)78-49-45-74(46-50-78)98(6,7)8/h11-66H,1-2H2,3-10H3. The van der Waals surface area contributed by atoms with Gasteiger partial charge in [-0.1, -0.05) is 335 Å². The average molecular weight is 1330 g/mol. The minimum absolute atomic E-state index is 0.0112. The SMILES string of the molecule is C=Cc1ccc(C2(c3ccc(C(C)(C)C)cc3)c3ccccc3-c3ccc(N(c4ccc(-c5ccccc5)cc4)c4ccc5c(c4)C(C)(C)c4cc(N(c6ccc(-c7ccccc7)cc6)c6ccc7c(c6)C(c6ccc(C=C)cc6)(c6ccc(C(C)(C)C)cc6)c6ccccc6-7)ccc4-5)cc32)cc1. The number of anilines is 6. The van der Waals surface area contributed by atoms with E-state index in [1.54, 1.807) is 0 Å². The molecule has 0 fully saturated rings. The molecule has 3 aliphatic carbocycles. The first-order chi connectivity index (χ1) is 50.0. The number of hydrogen-bond acceptors (Lipinski definition) is 2. The van der Waals surface area contributed by atoms with Crippen molar-refractivity contribution in [1.29, 1.82) is 0 Å². The third-order valence-electron chi connectivity index (χ3n) is 22.7. The Hall–Kier alpha value is -11.8. The molecular weight excluding hydrogens is 1240 g/mol. The molecule has 3 aliphatic rings. The number of benzene rings is 14. The summed E-state index contributed by atoms with van der Waals surface area (Å²) in [6.07, 6.45) is 3.88. The molecular formula is C101H84N2. The van der Waals surface area contributed by atoms with Gasteiger partial charge in [0.15, 0.2) is 0 Å². The Bertz CT molecular complexity index is 5240. The molecule has 0 N–H and O–H groups in total. The lowest BCUT2D eigenvalue weighted by molar-refractivity contribution is 0.589. The van der Waals surface area contributed by atoms with Crippen LogP contribution in [0.2, 0.25) is 0 Å². The summed E-state index contributed by atoms with van der Waals surface area (Å²) >= 11 is 0. The van der Waals surface area contributed by atoms with Crippen molar-refractivity contribution < 1.29 is 0 Å². The van der Waals surface area contributed by atoms with E-state index in [0.29, 0.717) is 0 Å². The van der Waals surface area contributed by atoms with Gasteiger partial charge in [-0.3, -0.25) is 0 Å². The van der Waals surface area contributed by atoms with E-state index in [1.165, 1.54) is 122 Å². The van der Waals surface area contributed by atoms with E-state index in [1.807, 2.05) is 12.2 Å². The van der Waals surface area contributed by atoms with Gasteiger partial charge in [-0.25, -0.2) is 0 Å². The molecule has 0 radical (unpaired) electrons. The van der Waals surface area contributed by atoms with Crippen LogP contribution in [0.3, 0.4) is 0 Å².